The van der Waals surface area contributed by atoms with Crippen LogP contribution < -0.4 is 39.0 Å². The van der Waals surface area contributed by atoms with Crippen LogP contribution in [0.1, 0.15) is 5.69 Å². The van der Waals surface area contributed by atoms with E-state index in [0.717, 1.165) is 12.1 Å². The molecule has 0 fully saturated rings. The van der Waals surface area contributed by atoms with Gasteiger partial charge in [0.2, 0.25) is 0 Å². The van der Waals surface area contributed by atoms with E-state index in [4.69, 9.17) is 4.74 Å². The van der Waals surface area contributed by atoms with Gasteiger partial charge in [-0.15, -0.1) is 13.2 Å². The predicted molar refractivity (Wildman–Crippen MR) is 83.7 cm³/mol. The molecule has 6 nitrogen and oxygen atoms in total. The van der Waals surface area contributed by atoms with Crippen LogP contribution in [0.15, 0.2) is 41.7 Å². The van der Waals surface area contributed by atoms with Crippen molar-refractivity contribution in [3.8, 4) is 11.5 Å². The number of benzene rings is 1. The van der Waals surface area contributed by atoms with Crippen LogP contribution in [0.25, 0.3) is 11.0 Å². The first-order valence-electron chi connectivity index (χ1n) is 6.97. The number of aromatic amines is 1. The van der Waals surface area contributed by atoms with Crippen LogP contribution in [0.4, 0.5) is 13.2 Å². The van der Waals surface area contributed by atoms with Crippen molar-refractivity contribution in [1.29, 1.82) is 0 Å². The van der Waals surface area contributed by atoms with Gasteiger partial charge in [0.1, 0.15) is 11.5 Å². The Morgan fingerprint density at radius 2 is 1.96 bits per heavy atom. The molecule has 3 rings (SSSR count). The van der Waals surface area contributed by atoms with Crippen molar-refractivity contribution in [3.63, 3.8) is 0 Å². The molecule has 2 heterocycles. The van der Waals surface area contributed by atoms with E-state index in [2.05, 4.69) is 19.7 Å². The summed E-state index contributed by atoms with van der Waals surface area (Å²) >= 11 is 0. The maximum atomic E-state index is 12.4. The van der Waals surface area contributed by atoms with E-state index in [1.165, 1.54) is 19.4 Å². The molecule has 132 valence electrons. The molecule has 0 bridgehead atoms. The third-order valence-corrected chi connectivity index (χ3v) is 4.37. The Kier molecular flexibility index (Phi) is 6.67. The normalized spacial score (nSPS) is 12.5. The number of methoxy groups -OCH3 is 1. The summed E-state index contributed by atoms with van der Waals surface area (Å²) < 4.78 is 58.1. The van der Waals surface area contributed by atoms with Crippen LogP contribution in [-0.2, 0) is 16.6 Å². The molecule has 2 aromatic heterocycles. The molecule has 1 N–H and O–H groups in total. The Bertz CT molecular complexity index is 933. The second-order valence-corrected chi connectivity index (χ2v) is 6.31. The number of rotatable bonds is 5. The van der Waals surface area contributed by atoms with E-state index < -0.39 is 17.2 Å². The number of fused-ring (bicyclic) bond motifs is 1. The summed E-state index contributed by atoms with van der Waals surface area (Å²) in [5, 5.41) is 0.142. The van der Waals surface area contributed by atoms with Gasteiger partial charge >= 0.3 is 35.9 Å². The Morgan fingerprint density at radius 3 is 2.65 bits per heavy atom. The molecule has 0 saturated carbocycles. The van der Waals surface area contributed by atoms with E-state index in [0.29, 0.717) is 22.5 Å². The summed E-state index contributed by atoms with van der Waals surface area (Å²) in [6.45, 7) is 0. The summed E-state index contributed by atoms with van der Waals surface area (Å²) in [6, 6.07) is 6.97. The molecule has 1 atom stereocenters. The fourth-order valence-electron chi connectivity index (χ4n) is 2.13. The molecule has 0 aliphatic heterocycles. The average molecular weight is 394 g/mol. The minimum Gasteiger partial charge on any atom is -0.497 e. The van der Waals surface area contributed by atoms with Crippen molar-refractivity contribution in [2.45, 2.75) is 17.3 Å². The first kappa shape index (κ1) is 20.7. The van der Waals surface area contributed by atoms with Crippen molar-refractivity contribution < 1.29 is 56.4 Å². The van der Waals surface area contributed by atoms with Gasteiger partial charge in [0.05, 0.1) is 40.4 Å². The van der Waals surface area contributed by atoms with Crippen molar-refractivity contribution in [3.05, 3.63) is 42.2 Å². The number of halogens is 3. The first-order chi connectivity index (χ1) is 11.8. The third-order valence-electron chi connectivity index (χ3n) is 3.18. The van der Waals surface area contributed by atoms with Gasteiger partial charge in [0.25, 0.3) is 0 Å². The summed E-state index contributed by atoms with van der Waals surface area (Å²) in [4.78, 5) is 11.0. The number of aromatic nitrogens is 3. The van der Waals surface area contributed by atoms with Gasteiger partial charge in [-0.05, 0) is 18.2 Å². The fraction of sp³-hybridized carbons (Fsp3) is 0.200. The van der Waals surface area contributed by atoms with Gasteiger partial charge < -0.3 is 14.5 Å². The number of nitrogens with one attached hydrogen (secondary N) is 1. The third kappa shape index (κ3) is 5.19. The van der Waals surface area contributed by atoms with Gasteiger partial charge in [-0.3, -0.25) is 9.19 Å². The SMILES string of the molecule is COc1ccnc(CS(=O)c2nc3ccc(OC(F)(F)F)cc3[nH]2)c1.[Na+]. The van der Waals surface area contributed by atoms with Crippen LogP contribution >= 0.6 is 0 Å². The van der Waals surface area contributed by atoms with Crippen molar-refractivity contribution in [2.24, 2.45) is 0 Å². The molecule has 0 aliphatic carbocycles. The van der Waals surface area contributed by atoms with Crippen molar-refractivity contribution >= 4 is 21.8 Å². The van der Waals surface area contributed by atoms with E-state index >= 15 is 0 Å². The molecule has 26 heavy (non-hydrogen) atoms. The minimum atomic E-state index is -4.78. The Labute approximate surface area is 170 Å². The molecule has 11 heteroatoms. The number of ether oxygens (including phenoxy) is 2. The van der Waals surface area contributed by atoms with Gasteiger partial charge in [-0.2, -0.15) is 0 Å². The molecule has 1 aromatic carbocycles. The largest absolute Gasteiger partial charge is 1.00 e. The Hall–Kier alpha value is -1.62. The van der Waals surface area contributed by atoms with E-state index in [9.17, 15) is 17.4 Å². The summed E-state index contributed by atoms with van der Waals surface area (Å²) in [6.07, 6.45) is -3.25. The van der Waals surface area contributed by atoms with Crippen LogP contribution in [0.5, 0.6) is 11.5 Å². The van der Waals surface area contributed by atoms with Gasteiger partial charge in [-0.1, -0.05) is 0 Å². The number of hydrogen-bond acceptors (Lipinski definition) is 5. The van der Waals surface area contributed by atoms with Crippen molar-refractivity contribution in [1.82, 2.24) is 15.0 Å². The predicted octanol–water partition coefficient (Wildman–Crippen LogP) is 0.177. The average Bonchev–Trinajstić information content (AvgIpc) is 2.97. The van der Waals surface area contributed by atoms with Gasteiger partial charge in [-0.25, -0.2) is 4.98 Å². The zero-order chi connectivity index (χ0) is 18.0. The standard InChI is InChI=1S/C15H12F3N3O3S.Na/c1-23-10-4-5-19-9(6-10)8-25(22)14-20-12-3-2-11(7-13(12)21-14)24-15(16,17)18;/h2-7H,8H2,1H3,(H,20,21);/q;+1. The maximum absolute atomic E-state index is 12.4. The number of pyridine rings is 1. The van der Waals surface area contributed by atoms with Crippen LogP contribution in [0.2, 0.25) is 0 Å². The van der Waals surface area contributed by atoms with Gasteiger partial charge in [0.15, 0.2) is 5.16 Å². The topological polar surface area (TPSA) is 77.1 Å². The zero-order valence-corrected chi connectivity index (χ0v) is 16.6. The number of alkyl halides is 3. The smallest absolute Gasteiger partial charge is 0.497 e. The number of H-pyrrole nitrogens is 1. The molecule has 3 aromatic rings. The quantitative estimate of drug-likeness (QED) is 0.625. The zero-order valence-electron chi connectivity index (χ0n) is 13.8. The van der Waals surface area contributed by atoms with E-state index in [-0.39, 0.29) is 46.2 Å². The van der Waals surface area contributed by atoms with Crippen LogP contribution in [0.3, 0.4) is 0 Å². The molecular formula is C15H12F3N3NaO3S+. The molecule has 0 spiro atoms. The van der Waals surface area contributed by atoms with Crippen LogP contribution in [-0.4, -0.2) is 32.6 Å². The molecule has 0 saturated heterocycles. The van der Waals surface area contributed by atoms with E-state index in [1.807, 2.05) is 0 Å². The molecule has 0 radical (unpaired) electrons. The second kappa shape index (κ2) is 8.38. The molecule has 0 amide bonds. The monoisotopic (exact) mass is 394 g/mol. The molecule has 0 aliphatic rings. The van der Waals surface area contributed by atoms with E-state index in [1.54, 1.807) is 12.1 Å². The fourth-order valence-corrected chi connectivity index (χ4v) is 3.12. The van der Waals surface area contributed by atoms with Crippen molar-refractivity contribution in [2.75, 3.05) is 7.11 Å². The maximum Gasteiger partial charge on any atom is 1.00 e. The first-order valence-corrected chi connectivity index (χ1v) is 8.29. The second-order valence-electron chi connectivity index (χ2n) is 4.95. The Balaban J connectivity index is 0.00000243. The number of imidazole rings is 1. The summed E-state index contributed by atoms with van der Waals surface area (Å²) in [5.74, 6) is 0.291. The summed E-state index contributed by atoms with van der Waals surface area (Å²) in [5.41, 5.74) is 1.22. The van der Waals surface area contributed by atoms with Gasteiger partial charge in [0, 0.05) is 18.3 Å². The molecule has 1 unspecified atom stereocenters. The number of hydrogen-bond donors (Lipinski definition) is 1. The Morgan fingerprint density at radius 1 is 1.19 bits per heavy atom. The van der Waals surface area contributed by atoms with Crippen LogP contribution in [0, 0.1) is 0 Å². The summed E-state index contributed by atoms with van der Waals surface area (Å²) in [7, 11) is -0.0409. The molecular weight excluding hydrogens is 382 g/mol. The number of nitrogens with zero attached hydrogens (tertiary/aromatic N) is 2. The minimum absolute atomic E-state index is 0.